The Morgan fingerprint density at radius 2 is 1.96 bits per heavy atom. The Labute approximate surface area is 154 Å². The average molecular weight is 363 g/mol. The number of hydrogen-bond acceptors (Lipinski definition) is 4. The first kappa shape index (κ1) is 19.4. The summed E-state index contributed by atoms with van der Waals surface area (Å²) < 4.78 is 1.95. The van der Waals surface area contributed by atoms with Gasteiger partial charge in [-0.2, -0.15) is 5.10 Å². The second kappa shape index (κ2) is 8.47. The van der Waals surface area contributed by atoms with Crippen molar-refractivity contribution in [2.24, 2.45) is 12.0 Å². The van der Waals surface area contributed by atoms with E-state index in [0.717, 1.165) is 41.7 Å². The molecule has 0 aliphatic rings. The molecule has 1 unspecified atom stereocenters. The summed E-state index contributed by atoms with van der Waals surface area (Å²) in [6, 6.07) is 0.278. The van der Waals surface area contributed by atoms with Gasteiger partial charge in [-0.05, 0) is 46.6 Å². The van der Waals surface area contributed by atoms with E-state index in [1.807, 2.05) is 18.8 Å². The standard InChI is InChI=1S/C18H30N6S/c1-11(10-16-12(2)23-24(7)14(16)4)21-18(19-6)20-9-8-17-13(3)22-15(5)25-17/h11H,8-10H2,1-7H3,(H2,19,20,21). The van der Waals surface area contributed by atoms with Crippen molar-refractivity contribution in [3.05, 3.63) is 32.5 Å². The molecule has 0 aliphatic heterocycles. The van der Waals surface area contributed by atoms with Crippen molar-refractivity contribution in [3.63, 3.8) is 0 Å². The first-order valence-electron chi connectivity index (χ1n) is 8.71. The van der Waals surface area contributed by atoms with Crippen LogP contribution in [0.5, 0.6) is 0 Å². The van der Waals surface area contributed by atoms with E-state index in [4.69, 9.17) is 0 Å². The maximum Gasteiger partial charge on any atom is 0.191 e. The predicted molar refractivity (Wildman–Crippen MR) is 106 cm³/mol. The van der Waals surface area contributed by atoms with E-state index in [0.29, 0.717) is 0 Å². The molecule has 0 saturated heterocycles. The third kappa shape index (κ3) is 5.04. The number of aliphatic imine (C=N–C) groups is 1. The summed E-state index contributed by atoms with van der Waals surface area (Å²) in [5.74, 6) is 0.839. The highest BCUT2D eigenvalue weighted by Gasteiger charge is 2.14. The van der Waals surface area contributed by atoms with E-state index in [1.165, 1.54) is 16.1 Å². The Morgan fingerprint density at radius 1 is 1.24 bits per heavy atom. The molecule has 0 radical (unpaired) electrons. The summed E-state index contributed by atoms with van der Waals surface area (Å²) in [4.78, 5) is 10.2. The molecule has 2 N–H and O–H groups in total. The molecule has 0 spiro atoms. The number of aromatic nitrogens is 3. The van der Waals surface area contributed by atoms with E-state index < -0.39 is 0 Å². The minimum absolute atomic E-state index is 0.278. The number of nitrogens with zero attached hydrogens (tertiary/aromatic N) is 4. The van der Waals surface area contributed by atoms with Crippen LogP contribution in [-0.4, -0.2) is 40.4 Å². The quantitative estimate of drug-likeness (QED) is 0.612. The summed E-state index contributed by atoms with van der Waals surface area (Å²) in [5.41, 5.74) is 4.79. The van der Waals surface area contributed by atoms with E-state index >= 15 is 0 Å². The molecule has 2 rings (SSSR count). The number of nitrogens with one attached hydrogen (secondary N) is 2. The molecule has 2 aromatic heterocycles. The Balaban J connectivity index is 1.85. The maximum atomic E-state index is 4.49. The van der Waals surface area contributed by atoms with Crippen molar-refractivity contribution in [2.75, 3.05) is 13.6 Å². The SMILES string of the molecule is CN=C(NCCc1sc(C)nc1C)NC(C)Cc1c(C)nn(C)c1C. The van der Waals surface area contributed by atoms with Gasteiger partial charge in [0.05, 0.1) is 16.4 Å². The smallest absolute Gasteiger partial charge is 0.191 e. The minimum atomic E-state index is 0.278. The molecule has 25 heavy (non-hydrogen) atoms. The monoisotopic (exact) mass is 362 g/mol. The van der Waals surface area contributed by atoms with E-state index in [-0.39, 0.29) is 6.04 Å². The lowest BCUT2D eigenvalue weighted by atomic mass is 10.1. The fourth-order valence-corrected chi connectivity index (χ4v) is 3.93. The van der Waals surface area contributed by atoms with Gasteiger partial charge >= 0.3 is 0 Å². The first-order chi connectivity index (χ1) is 11.8. The van der Waals surface area contributed by atoms with Crippen LogP contribution in [-0.2, 0) is 19.9 Å². The topological polar surface area (TPSA) is 67.1 Å². The molecule has 138 valence electrons. The highest BCUT2D eigenvalue weighted by atomic mass is 32.1. The molecule has 2 heterocycles. The minimum Gasteiger partial charge on any atom is -0.356 e. The highest BCUT2D eigenvalue weighted by molar-refractivity contribution is 7.11. The lowest BCUT2D eigenvalue weighted by Gasteiger charge is -2.18. The molecule has 0 aromatic carbocycles. The molecular weight excluding hydrogens is 332 g/mol. The van der Waals surface area contributed by atoms with Crippen LogP contribution in [0.25, 0.3) is 0 Å². The van der Waals surface area contributed by atoms with Crippen molar-refractivity contribution in [2.45, 2.75) is 53.5 Å². The summed E-state index contributed by atoms with van der Waals surface area (Å²) in [5, 5.41) is 12.5. The van der Waals surface area contributed by atoms with Gasteiger partial charge in [0.15, 0.2) is 5.96 Å². The molecule has 7 heteroatoms. The lowest BCUT2D eigenvalue weighted by Crippen LogP contribution is -2.43. The Bertz CT molecular complexity index is 743. The van der Waals surface area contributed by atoms with Crippen LogP contribution < -0.4 is 10.6 Å². The number of aryl methyl sites for hydroxylation is 4. The molecule has 2 aromatic rings. The van der Waals surface area contributed by atoms with Crippen molar-refractivity contribution >= 4 is 17.3 Å². The van der Waals surface area contributed by atoms with Gasteiger partial charge in [0.2, 0.25) is 0 Å². The average Bonchev–Trinajstić information content (AvgIpc) is 2.99. The summed E-state index contributed by atoms with van der Waals surface area (Å²) in [7, 11) is 3.80. The van der Waals surface area contributed by atoms with Gasteiger partial charge < -0.3 is 10.6 Å². The largest absolute Gasteiger partial charge is 0.356 e. The van der Waals surface area contributed by atoms with Gasteiger partial charge in [0.1, 0.15) is 0 Å². The highest BCUT2D eigenvalue weighted by Crippen LogP contribution is 2.17. The number of rotatable bonds is 6. The molecule has 1 atom stereocenters. The molecule has 0 bridgehead atoms. The van der Waals surface area contributed by atoms with Crippen LogP contribution in [0, 0.1) is 27.7 Å². The third-order valence-electron chi connectivity index (χ3n) is 4.42. The van der Waals surface area contributed by atoms with Crippen molar-refractivity contribution in [1.82, 2.24) is 25.4 Å². The number of thiazole rings is 1. The Morgan fingerprint density at radius 3 is 2.48 bits per heavy atom. The second-order valence-electron chi connectivity index (χ2n) is 6.51. The first-order valence-corrected chi connectivity index (χ1v) is 9.52. The fourth-order valence-electron chi connectivity index (χ4n) is 3.00. The van der Waals surface area contributed by atoms with Crippen molar-refractivity contribution in [3.8, 4) is 0 Å². The van der Waals surface area contributed by atoms with Gasteiger partial charge in [-0.3, -0.25) is 9.67 Å². The van der Waals surface area contributed by atoms with Crippen LogP contribution in [0.1, 0.15) is 39.5 Å². The Hall–Kier alpha value is -1.89. The summed E-state index contributed by atoms with van der Waals surface area (Å²) in [6.45, 7) is 11.3. The van der Waals surface area contributed by atoms with Crippen LogP contribution >= 0.6 is 11.3 Å². The lowest BCUT2D eigenvalue weighted by molar-refractivity contribution is 0.635. The van der Waals surface area contributed by atoms with Gasteiger partial charge in [0.25, 0.3) is 0 Å². The summed E-state index contributed by atoms with van der Waals surface area (Å²) in [6.07, 6.45) is 1.90. The molecule has 6 nitrogen and oxygen atoms in total. The molecular formula is C18H30N6S. The fraction of sp³-hybridized carbons (Fsp3) is 0.611. The number of hydrogen-bond donors (Lipinski definition) is 2. The van der Waals surface area contributed by atoms with Gasteiger partial charge in [-0.15, -0.1) is 11.3 Å². The molecule has 0 saturated carbocycles. The van der Waals surface area contributed by atoms with Gasteiger partial charge in [-0.1, -0.05) is 0 Å². The zero-order chi connectivity index (χ0) is 18.6. The van der Waals surface area contributed by atoms with Crippen molar-refractivity contribution < 1.29 is 0 Å². The zero-order valence-electron chi connectivity index (χ0n) is 16.4. The summed E-state index contributed by atoms with van der Waals surface area (Å²) >= 11 is 1.77. The van der Waals surface area contributed by atoms with Gasteiger partial charge in [0, 0.05) is 43.7 Å². The van der Waals surface area contributed by atoms with E-state index in [2.05, 4.69) is 60.3 Å². The van der Waals surface area contributed by atoms with E-state index in [1.54, 1.807) is 11.3 Å². The van der Waals surface area contributed by atoms with Crippen LogP contribution in [0.4, 0.5) is 0 Å². The van der Waals surface area contributed by atoms with E-state index in [9.17, 15) is 0 Å². The second-order valence-corrected chi connectivity index (χ2v) is 7.80. The van der Waals surface area contributed by atoms with Crippen LogP contribution in [0.3, 0.4) is 0 Å². The number of guanidine groups is 1. The van der Waals surface area contributed by atoms with Gasteiger partial charge in [-0.25, -0.2) is 4.98 Å². The Kier molecular flexibility index (Phi) is 6.58. The molecule has 0 aliphatic carbocycles. The van der Waals surface area contributed by atoms with Crippen molar-refractivity contribution in [1.29, 1.82) is 0 Å². The van der Waals surface area contributed by atoms with Crippen LogP contribution in [0.2, 0.25) is 0 Å². The van der Waals surface area contributed by atoms with Crippen LogP contribution in [0.15, 0.2) is 4.99 Å². The predicted octanol–water partition coefficient (Wildman–Crippen LogP) is 2.45. The zero-order valence-corrected chi connectivity index (χ0v) is 17.2. The molecule has 0 amide bonds. The maximum absolute atomic E-state index is 4.49. The normalized spacial score (nSPS) is 13.2. The molecule has 0 fully saturated rings. The third-order valence-corrected chi connectivity index (χ3v) is 5.55.